The van der Waals surface area contributed by atoms with E-state index in [2.05, 4.69) is 31.3 Å². The Labute approximate surface area is 122 Å². The summed E-state index contributed by atoms with van der Waals surface area (Å²) < 4.78 is 0. The van der Waals surface area contributed by atoms with Crippen LogP contribution in [-0.2, 0) is 0 Å². The first-order chi connectivity index (χ1) is 9.20. The molecule has 0 amide bonds. The summed E-state index contributed by atoms with van der Waals surface area (Å²) in [6, 6.07) is 8.91. The quantitative estimate of drug-likeness (QED) is 0.780. The predicted octanol–water partition coefficient (Wildman–Crippen LogP) is 5.21. The van der Waals surface area contributed by atoms with Crippen molar-refractivity contribution in [1.29, 1.82) is 0 Å². The van der Waals surface area contributed by atoms with E-state index >= 15 is 0 Å². The van der Waals surface area contributed by atoms with Gasteiger partial charge in [0, 0.05) is 11.1 Å². The van der Waals surface area contributed by atoms with Crippen LogP contribution in [0.25, 0.3) is 0 Å². The second-order valence-corrected chi connectivity index (χ2v) is 6.45. The van der Waals surface area contributed by atoms with Crippen molar-refractivity contribution in [3.63, 3.8) is 0 Å². The van der Waals surface area contributed by atoms with E-state index in [1.165, 1.54) is 37.7 Å². The van der Waals surface area contributed by atoms with Gasteiger partial charge in [-0.15, -0.1) is 0 Å². The average Bonchev–Trinajstić information content (AvgIpc) is 2.41. The molecule has 0 heterocycles. The summed E-state index contributed by atoms with van der Waals surface area (Å²) in [6.07, 6.45) is 6.67. The Bertz CT molecular complexity index is 373. The highest BCUT2D eigenvalue weighted by atomic mass is 35.5. The number of nitrogens with one attached hydrogen (secondary N) is 1. The Kier molecular flexibility index (Phi) is 5.72. The van der Waals surface area contributed by atoms with Gasteiger partial charge >= 0.3 is 0 Å². The molecular weight excluding hydrogens is 254 g/mol. The molecule has 1 saturated carbocycles. The third-order valence-electron chi connectivity index (χ3n) is 4.29. The van der Waals surface area contributed by atoms with E-state index in [0.717, 1.165) is 23.4 Å². The molecule has 0 spiro atoms. The van der Waals surface area contributed by atoms with Gasteiger partial charge in [0.1, 0.15) is 0 Å². The Morgan fingerprint density at radius 3 is 2.63 bits per heavy atom. The van der Waals surface area contributed by atoms with Crippen LogP contribution in [0.1, 0.15) is 57.6 Å². The topological polar surface area (TPSA) is 12.0 Å². The minimum atomic E-state index is 0.500. The smallest absolute Gasteiger partial charge is 0.0406 e. The molecule has 3 atom stereocenters. The summed E-state index contributed by atoms with van der Waals surface area (Å²) in [5.74, 6) is 1.65. The van der Waals surface area contributed by atoms with Gasteiger partial charge < -0.3 is 5.32 Å². The SMILES string of the molecule is CCCNC(c1ccc(Cl)cc1)C1CCCC(C)C1. The number of hydrogen-bond donors (Lipinski definition) is 1. The minimum absolute atomic E-state index is 0.500. The zero-order valence-corrected chi connectivity index (χ0v) is 12.9. The fourth-order valence-electron chi connectivity index (χ4n) is 3.31. The van der Waals surface area contributed by atoms with Crippen molar-refractivity contribution < 1.29 is 0 Å². The van der Waals surface area contributed by atoms with Crippen LogP contribution in [-0.4, -0.2) is 6.54 Å². The van der Waals surface area contributed by atoms with Gasteiger partial charge in [-0.25, -0.2) is 0 Å². The van der Waals surface area contributed by atoms with E-state index in [1.54, 1.807) is 0 Å². The first-order valence-corrected chi connectivity index (χ1v) is 8.07. The van der Waals surface area contributed by atoms with Crippen molar-refractivity contribution in [1.82, 2.24) is 5.32 Å². The van der Waals surface area contributed by atoms with Crippen molar-refractivity contribution in [2.24, 2.45) is 11.8 Å². The van der Waals surface area contributed by atoms with Crippen LogP contribution in [0.15, 0.2) is 24.3 Å². The number of halogens is 1. The van der Waals surface area contributed by atoms with Crippen molar-refractivity contribution in [3.05, 3.63) is 34.9 Å². The highest BCUT2D eigenvalue weighted by Gasteiger charge is 2.27. The first-order valence-electron chi connectivity index (χ1n) is 7.69. The van der Waals surface area contributed by atoms with E-state index in [1.807, 2.05) is 12.1 Å². The van der Waals surface area contributed by atoms with Gasteiger partial charge in [-0.05, 0) is 55.3 Å². The van der Waals surface area contributed by atoms with Crippen LogP contribution < -0.4 is 5.32 Å². The third kappa shape index (κ3) is 4.22. The van der Waals surface area contributed by atoms with Gasteiger partial charge in [-0.3, -0.25) is 0 Å². The fraction of sp³-hybridized carbons (Fsp3) is 0.647. The molecule has 1 aliphatic rings. The normalized spacial score (nSPS) is 25.2. The highest BCUT2D eigenvalue weighted by molar-refractivity contribution is 6.30. The summed E-state index contributed by atoms with van der Waals surface area (Å²) in [5.41, 5.74) is 1.40. The van der Waals surface area contributed by atoms with E-state index in [9.17, 15) is 0 Å². The van der Waals surface area contributed by atoms with Crippen LogP contribution in [0.2, 0.25) is 5.02 Å². The molecule has 1 fully saturated rings. The second kappa shape index (κ2) is 7.31. The van der Waals surface area contributed by atoms with Crippen LogP contribution in [0.4, 0.5) is 0 Å². The molecule has 1 aromatic carbocycles. The molecule has 1 aromatic rings. The lowest BCUT2D eigenvalue weighted by Gasteiger charge is -2.34. The number of rotatable bonds is 5. The molecule has 1 aliphatic carbocycles. The van der Waals surface area contributed by atoms with Crippen molar-refractivity contribution >= 4 is 11.6 Å². The zero-order chi connectivity index (χ0) is 13.7. The Hall–Kier alpha value is -0.530. The molecule has 0 aliphatic heterocycles. The summed E-state index contributed by atoms with van der Waals surface area (Å²) >= 11 is 6.01. The van der Waals surface area contributed by atoms with E-state index < -0.39 is 0 Å². The first kappa shape index (κ1) is 14.9. The molecule has 0 bridgehead atoms. The van der Waals surface area contributed by atoms with Gasteiger partial charge in [-0.1, -0.05) is 50.4 Å². The van der Waals surface area contributed by atoms with Gasteiger partial charge in [-0.2, -0.15) is 0 Å². The molecule has 0 saturated heterocycles. The average molecular weight is 280 g/mol. The van der Waals surface area contributed by atoms with Crippen LogP contribution in [0, 0.1) is 11.8 Å². The maximum absolute atomic E-state index is 6.01. The van der Waals surface area contributed by atoms with Gasteiger partial charge in [0.15, 0.2) is 0 Å². The standard InChI is InChI=1S/C17H26ClN/c1-3-11-19-17(14-7-9-16(18)10-8-14)15-6-4-5-13(2)12-15/h7-10,13,15,17,19H,3-6,11-12H2,1-2H3. The zero-order valence-electron chi connectivity index (χ0n) is 12.2. The lowest BCUT2D eigenvalue weighted by atomic mass is 9.76. The highest BCUT2D eigenvalue weighted by Crippen LogP contribution is 2.37. The Morgan fingerprint density at radius 2 is 2.00 bits per heavy atom. The lowest BCUT2D eigenvalue weighted by Crippen LogP contribution is -2.31. The van der Waals surface area contributed by atoms with Crippen LogP contribution in [0.3, 0.4) is 0 Å². The maximum Gasteiger partial charge on any atom is 0.0406 e. The van der Waals surface area contributed by atoms with Gasteiger partial charge in [0.05, 0.1) is 0 Å². The summed E-state index contributed by atoms with van der Waals surface area (Å²) in [7, 11) is 0. The summed E-state index contributed by atoms with van der Waals surface area (Å²) in [4.78, 5) is 0. The summed E-state index contributed by atoms with van der Waals surface area (Å²) in [6.45, 7) is 5.72. The molecule has 19 heavy (non-hydrogen) atoms. The molecule has 2 rings (SSSR count). The monoisotopic (exact) mass is 279 g/mol. The number of hydrogen-bond acceptors (Lipinski definition) is 1. The van der Waals surface area contributed by atoms with Crippen molar-refractivity contribution in [2.45, 2.75) is 52.0 Å². The second-order valence-electron chi connectivity index (χ2n) is 6.02. The number of benzene rings is 1. The van der Waals surface area contributed by atoms with E-state index in [4.69, 9.17) is 11.6 Å². The molecule has 1 N–H and O–H groups in total. The maximum atomic E-state index is 6.01. The summed E-state index contributed by atoms with van der Waals surface area (Å²) in [5, 5.41) is 4.58. The fourth-order valence-corrected chi connectivity index (χ4v) is 3.44. The Balaban J connectivity index is 2.12. The van der Waals surface area contributed by atoms with Crippen LogP contribution in [0.5, 0.6) is 0 Å². The molecule has 3 unspecified atom stereocenters. The van der Waals surface area contributed by atoms with E-state index in [-0.39, 0.29) is 0 Å². The minimum Gasteiger partial charge on any atom is -0.310 e. The van der Waals surface area contributed by atoms with Gasteiger partial charge in [0.25, 0.3) is 0 Å². The predicted molar refractivity (Wildman–Crippen MR) is 83.6 cm³/mol. The lowest BCUT2D eigenvalue weighted by molar-refractivity contribution is 0.224. The third-order valence-corrected chi connectivity index (χ3v) is 4.54. The largest absolute Gasteiger partial charge is 0.310 e. The van der Waals surface area contributed by atoms with E-state index in [0.29, 0.717) is 6.04 Å². The van der Waals surface area contributed by atoms with Crippen molar-refractivity contribution in [3.8, 4) is 0 Å². The van der Waals surface area contributed by atoms with Crippen LogP contribution >= 0.6 is 11.6 Å². The van der Waals surface area contributed by atoms with Gasteiger partial charge in [0.2, 0.25) is 0 Å². The molecule has 106 valence electrons. The molecule has 0 radical (unpaired) electrons. The molecule has 0 aromatic heterocycles. The molecule has 1 nitrogen and oxygen atoms in total. The van der Waals surface area contributed by atoms with Crippen molar-refractivity contribution in [2.75, 3.05) is 6.54 Å². The Morgan fingerprint density at radius 1 is 1.26 bits per heavy atom. The molecular formula is C17H26ClN. The molecule has 2 heteroatoms.